The summed E-state index contributed by atoms with van der Waals surface area (Å²) in [5.74, 6) is -4.06. The lowest BCUT2D eigenvalue weighted by molar-refractivity contribution is -0.163. The van der Waals surface area contributed by atoms with Crippen molar-refractivity contribution in [1.29, 1.82) is 0 Å². The molecule has 2 N–H and O–H groups in total. The van der Waals surface area contributed by atoms with Crippen molar-refractivity contribution in [2.24, 2.45) is 0 Å². The molecular weight excluding hydrogens is 642 g/mol. The Bertz CT molecular complexity index is 1640. The summed E-state index contributed by atoms with van der Waals surface area (Å²) in [5, 5.41) is 20.2. The van der Waals surface area contributed by atoms with Crippen LogP contribution in [-0.4, -0.2) is 70.2 Å². The second-order valence-electron chi connectivity index (χ2n) is 11.0. The van der Waals surface area contributed by atoms with E-state index >= 15 is 0 Å². The Morgan fingerprint density at radius 2 is 1.43 bits per heavy atom. The molecule has 2 aromatic rings. The lowest BCUT2D eigenvalue weighted by Crippen LogP contribution is -2.55. The van der Waals surface area contributed by atoms with Crippen LogP contribution in [0.5, 0.6) is 0 Å². The normalized spacial score (nSPS) is 23.0. The molecule has 2 aliphatic carbocycles. The summed E-state index contributed by atoms with van der Waals surface area (Å²) in [5.41, 5.74) is -8.69. The maximum atomic E-state index is 14.4. The number of aliphatic carboxylic acids is 2. The average molecular weight is 669 g/mol. The van der Waals surface area contributed by atoms with Crippen LogP contribution in [0.1, 0.15) is 34.3 Å². The van der Waals surface area contributed by atoms with E-state index in [4.69, 9.17) is 4.74 Å². The van der Waals surface area contributed by atoms with Crippen molar-refractivity contribution in [3.05, 3.63) is 89.7 Å². The molecule has 0 aromatic heterocycles. The molecule has 2 atom stereocenters. The zero-order valence-corrected chi connectivity index (χ0v) is 24.7. The highest BCUT2D eigenvalue weighted by molar-refractivity contribution is 7.99. The van der Waals surface area contributed by atoms with Crippen LogP contribution < -0.4 is 4.90 Å². The number of ether oxygens (including phenoxy) is 1. The zero-order valence-electron chi connectivity index (χ0n) is 23.9. The van der Waals surface area contributed by atoms with Crippen LogP contribution in [0.25, 0.3) is 0 Å². The Labute approximate surface area is 262 Å². The van der Waals surface area contributed by atoms with E-state index in [2.05, 4.69) is 13.2 Å². The molecule has 1 saturated heterocycles. The molecule has 2 aromatic carbocycles. The van der Waals surface area contributed by atoms with Gasteiger partial charge in [0, 0.05) is 59.2 Å². The van der Waals surface area contributed by atoms with E-state index in [1.54, 1.807) is 4.90 Å². The molecule has 3 aliphatic rings. The minimum atomic E-state index is -5.57. The van der Waals surface area contributed by atoms with Gasteiger partial charge < -0.3 is 24.7 Å². The number of hydrogen-bond donors (Lipinski definition) is 2. The number of anilines is 1. The number of halogens is 6. The molecule has 1 heterocycles. The molecule has 0 amide bonds. The predicted octanol–water partition coefficient (Wildman–Crippen LogP) is 6.28. The standard InChI is InChI=1S/C31H26F6N2O6S/c1-17-15-28(17,26(41)42)39(29(27(43)44)16-18(29)2)19-4-3-5-20(14-19)46-23-7-6-21(22(40)8-9-38-10-12-45-13-11-38)24(30(32,33)34)25(23)31(35,36)37/h3-9,14H,1-2,10-13,15-16H2,(H,41,42)(H,43,44). The van der Waals surface area contributed by atoms with Gasteiger partial charge in [-0.05, 0) is 41.5 Å². The second-order valence-corrected chi connectivity index (χ2v) is 12.1. The monoisotopic (exact) mass is 668 g/mol. The lowest BCUT2D eigenvalue weighted by atomic mass is 9.96. The summed E-state index contributed by atoms with van der Waals surface area (Å²) < 4.78 is 91.5. The molecule has 5 rings (SSSR count). The van der Waals surface area contributed by atoms with Gasteiger partial charge in [-0.2, -0.15) is 26.3 Å². The van der Waals surface area contributed by atoms with Crippen LogP contribution in [0.3, 0.4) is 0 Å². The molecule has 2 unspecified atom stereocenters. The molecule has 15 heteroatoms. The van der Waals surface area contributed by atoms with Crippen LogP contribution in [0.15, 0.2) is 82.8 Å². The lowest BCUT2D eigenvalue weighted by Gasteiger charge is -2.36. The summed E-state index contributed by atoms with van der Waals surface area (Å²) in [7, 11) is 0. The first kappa shape index (κ1) is 33.1. The van der Waals surface area contributed by atoms with Crippen molar-refractivity contribution in [2.75, 3.05) is 31.2 Å². The van der Waals surface area contributed by atoms with E-state index in [0.29, 0.717) is 44.1 Å². The second kappa shape index (κ2) is 11.5. The minimum Gasteiger partial charge on any atom is -0.479 e. The quantitative estimate of drug-likeness (QED) is 0.131. The third kappa shape index (κ3) is 5.77. The maximum absolute atomic E-state index is 14.4. The number of carbonyl (C=O) groups is 3. The molecule has 46 heavy (non-hydrogen) atoms. The van der Waals surface area contributed by atoms with Gasteiger partial charge >= 0.3 is 24.3 Å². The fourth-order valence-electron chi connectivity index (χ4n) is 5.67. The highest BCUT2D eigenvalue weighted by Crippen LogP contribution is 2.60. The zero-order chi connectivity index (χ0) is 33.8. The Kier molecular flexibility index (Phi) is 8.30. The van der Waals surface area contributed by atoms with E-state index in [9.17, 15) is 50.9 Å². The number of carboxylic acids is 2. The van der Waals surface area contributed by atoms with E-state index in [-0.39, 0.29) is 34.6 Å². The molecule has 1 aliphatic heterocycles. The van der Waals surface area contributed by atoms with Crippen molar-refractivity contribution < 1.29 is 55.7 Å². The first-order valence-electron chi connectivity index (χ1n) is 13.7. The van der Waals surface area contributed by atoms with E-state index in [0.717, 1.165) is 17.0 Å². The Balaban J connectivity index is 1.58. The van der Waals surface area contributed by atoms with Crippen LogP contribution in [0, 0.1) is 0 Å². The van der Waals surface area contributed by atoms with Gasteiger partial charge in [0.05, 0.1) is 24.3 Å². The van der Waals surface area contributed by atoms with Crippen LogP contribution in [0.4, 0.5) is 32.0 Å². The summed E-state index contributed by atoms with van der Waals surface area (Å²) >= 11 is 0.302. The van der Waals surface area contributed by atoms with Crippen LogP contribution in [-0.2, 0) is 26.7 Å². The van der Waals surface area contributed by atoms with Crippen LogP contribution >= 0.6 is 11.8 Å². The fourth-order valence-corrected chi connectivity index (χ4v) is 6.70. The Morgan fingerprint density at radius 1 is 0.891 bits per heavy atom. The van der Waals surface area contributed by atoms with Gasteiger partial charge in [-0.25, -0.2) is 9.59 Å². The third-order valence-corrected chi connectivity index (χ3v) is 9.16. The van der Waals surface area contributed by atoms with Crippen LogP contribution in [0.2, 0.25) is 0 Å². The number of hydrogen-bond acceptors (Lipinski definition) is 7. The number of rotatable bonds is 10. The molecule has 0 spiro atoms. The first-order chi connectivity index (χ1) is 21.4. The predicted molar refractivity (Wildman–Crippen MR) is 154 cm³/mol. The summed E-state index contributed by atoms with van der Waals surface area (Å²) in [6.45, 7) is 8.75. The number of carboxylic acid groups (broad SMARTS) is 2. The van der Waals surface area contributed by atoms with E-state index in [1.807, 2.05) is 0 Å². The molecule has 0 radical (unpaired) electrons. The molecule has 3 fully saturated rings. The highest BCUT2D eigenvalue weighted by Gasteiger charge is 2.71. The van der Waals surface area contributed by atoms with Gasteiger partial charge in [-0.3, -0.25) is 4.79 Å². The van der Waals surface area contributed by atoms with E-state index < -0.39 is 62.7 Å². The number of alkyl halides is 6. The molecular formula is C31H26F6N2O6S. The van der Waals surface area contributed by atoms with Crippen molar-refractivity contribution in [1.82, 2.24) is 4.90 Å². The van der Waals surface area contributed by atoms with Crippen molar-refractivity contribution in [3.8, 4) is 0 Å². The largest absolute Gasteiger partial charge is 0.479 e. The first-order valence-corrected chi connectivity index (χ1v) is 14.5. The number of benzene rings is 2. The van der Waals surface area contributed by atoms with Gasteiger partial charge in [0.25, 0.3) is 0 Å². The molecule has 244 valence electrons. The molecule has 8 nitrogen and oxygen atoms in total. The number of nitrogens with zero attached hydrogens (tertiary/aromatic N) is 2. The third-order valence-electron chi connectivity index (χ3n) is 8.11. The van der Waals surface area contributed by atoms with Gasteiger partial charge in [-0.1, -0.05) is 31.0 Å². The molecule has 2 saturated carbocycles. The van der Waals surface area contributed by atoms with Gasteiger partial charge in [0.2, 0.25) is 0 Å². The fraction of sp³-hybridized carbons (Fsp3) is 0.323. The summed E-state index contributed by atoms with van der Waals surface area (Å²) in [6, 6.07) is 6.61. The number of allylic oxidation sites excluding steroid dienone is 1. The average Bonchev–Trinajstić information content (AvgIpc) is 3.86. The SMILES string of the molecule is C=C1CC1(C(=O)O)N(c1cccc(Sc2ccc(C(=O)C=CN3CCOCC3)c(C(F)(F)F)c2C(F)(F)F)c1)C1(C(=O)O)CC1=C. The number of ketones is 1. The smallest absolute Gasteiger partial charge is 0.418 e. The summed E-state index contributed by atoms with van der Waals surface area (Å²) in [6.07, 6.45) is -9.32. The van der Waals surface area contributed by atoms with Crippen molar-refractivity contribution in [2.45, 2.75) is 46.1 Å². The number of carbonyl (C=O) groups excluding carboxylic acids is 1. The Hall–Kier alpha value is -4.24. The maximum Gasteiger partial charge on any atom is 0.418 e. The van der Waals surface area contributed by atoms with E-state index in [1.165, 1.54) is 30.5 Å². The van der Waals surface area contributed by atoms with Crippen molar-refractivity contribution >= 4 is 35.2 Å². The number of morpholine rings is 1. The Morgan fingerprint density at radius 3 is 1.91 bits per heavy atom. The topological polar surface area (TPSA) is 107 Å². The minimum absolute atomic E-state index is 0.0169. The van der Waals surface area contributed by atoms with Gasteiger partial charge in [0.15, 0.2) is 16.9 Å². The van der Waals surface area contributed by atoms with Gasteiger partial charge in [0.1, 0.15) is 0 Å². The highest BCUT2D eigenvalue weighted by atomic mass is 32.2. The van der Waals surface area contributed by atoms with Gasteiger partial charge in [-0.15, -0.1) is 0 Å². The summed E-state index contributed by atoms with van der Waals surface area (Å²) in [4.78, 5) is 39.4. The van der Waals surface area contributed by atoms with Crippen molar-refractivity contribution in [3.63, 3.8) is 0 Å². The molecule has 0 bridgehead atoms.